The molecule has 1 N–H and O–H groups in total. The molecule has 0 bridgehead atoms. The average molecular weight is 266 g/mol. The van der Waals surface area contributed by atoms with Crippen LogP contribution in [0.2, 0.25) is 0 Å². The number of hydrogen-bond donors (Lipinski definition) is 1. The van der Waals surface area contributed by atoms with Crippen LogP contribution in [-0.4, -0.2) is 22.4 Å². The van der Waals surface area contributed by atoms with Crippen LogP contribution in [0.3, 0.4) is 0 Å². The molecule has 0 aliphatic rings. The quantitative estimate of drug-likeness (QED) is 0.900. The van der Waals surface area contributed by atoms with Crippen LogP contribution >= 0.6 is 11.3 Å². The highest BCUT2D eigenvalue weighted by atomic mass is 32.1. The van der Waals surface area contributed by atoms with Gasteiger partial charge >= 0.3 is 0 Å². The van der Waals surface area contributed by atoms with E-state index in [9.17, 15) is 0 Å². The zero-order valence-corrected chi connectivity index (χ0v) is 11.0. The Morgan fingerprint density at radius 3 is 2.72 bits per heavy atom. The molecule has 1 aromatic carbocycles. The molecular weight excluding hydrogens is 252 g/mol. The first-order chi connectivity index (χ1) is 8.76. The molecule has 0 fully saturated rings. The summed E-state index contributed by atoms with van der Waals surface area (Å²) in [5.74, 6) is 1.26. The minimum absolute atomic E-state index is 0.132. The van der Waals surface area contributed by atoms with Gasteiger partial charge in [0, 0.05) is 0 Å². The molecule has 6 heteroatoms. The predicted molar refractivity (Wildman–Crippen MR) is 68.3 cm³/mol. The summed E-state index contributed by atoms with van der Waals surface area (Å²) in [6.45, 7) is 1.94. The highest BCUT2D eigenvalue weighted by Crippen LogP contribution is 2.33. The number of aliphatic hydroxyl groups excluding tert-OH is 1. The molecule has 2 aromatic rings. The zero-order valence-electron chi connectivity index (χ0n) is 10.2. The molecule has 0 saturated carbocycles. The lowest BCUT2D eigenvalue weighted by atomic mass is 10.1. The van der Waals surface area contributed by atoms with Gasteiger partial charge in [-0.3, -0.25) is 0 Å². The molecule has 0 atom stereocenters. The van der Waals surface area contributed by atoms with Crippen molar-refractivity contribution in [2.75, 3.05) is 7.11 Å². The van der Waals surface area contributed by atoms with Gasteiger partial charge in [0.15, 0.2) is 11.5 Å². The number of benzene rings is 1. The maximum absolute atomic E-state index is 8.91. The summed E-state index contributed by atoms with van der Waals surface area (Å²) in [6, 6.07) is 5.76. The van der Waals surface area contributed by atoms with Gasteiger partial charge in [-0.05, 0) is 24.1 Å². The molecule has 18 heavy (non-hydrogen) atoms. The van der Waals surface area contributed by atoms with Crippen molar-refractivity contribution in [2.24, 2.45) is 0 Å². The fourth-order valence-corrected chi connectivity index (χ4v) is 2.01. The van der Waals surface area contributed by atoms with E-state index in [2.05, 4.69) is 17.1 Å². The number of methoxy groups -OCH3 is 1. The topological polar surface area (TPSA) is 64.5 Å². The molecule has 0 amide bonds. The van der Waals surface area contributed by atoms with Crippen molar-refractivity contribution >= 4 is 11.3 Å². The summed E-state index contributed by atoms with van der Waals surface area (Å²) < 4.78 is 10.9. The number of ether oxygens (including phenoxy) is 2. The lowest BCUT2D eigenvalue weighted by Gasteiger charge is -2.09. The SMILES string of the molecule is CCc1ccc(Oc2nnc(CO)s2)c(OC)c1. The molecule has 0 aliphatic carbocycles. The Bertz CT molecular complexity index is 528. The molecule has 0 aliphatic heterocycles. The second-order valence-electron chi connectivity index (χ2n) is 3.56. The van der Waals surface area contributed by atoms with E-state index in [1.165, 1.54) is 16.9 Å². The third-order valence-corrected chi connectivity index (χ3v) is 3.20. The third kappa shape index (κ3) is 2.77. The molecule has 2 rings (SSSR count). The van der Waals surface area contributed by atoms with Crippen LogP contribution < -0.4 is 9.47 Å². The minimum atomic E-state index is -0.132. The van der Waals surface area contributed by atoms with Crippen LogP contribution in [0.15, 0.2) is 18.2 Å². The fourth-order valence-electron chi connectivity index (χ4n) is 1.45. The van der Waals surface area contributed by atoms with Gasteiger partial charge < -0.3 is 14.6 Å². The lowest BCUT2D eigenvalue weighted by Crippen LogP contribution is -1.91. The van der Waals surface area contributed by atoms with Crippen molar-refractivity contribution in [2.45, 2.75) is 20.0 Å². The Hall–Kier alpha value is -1.66. The standard InChI is InChI=1S/C12H14N2O3S/c1-3-8-4-5-9(10(6-8)16-2)17-12-14-13-11(7-15)18-12/h4-6,15H,3,7H2,1-2H3. The summed E-state index contributed by atoms with van der Waals surface area (Å²) in [5.41, 5.74) is 1.17. The van der Waals surface area contributed by atoms with Crippen molar-refractivity contribution in [1.29, 1.82) is 0 Å². The highest BCUT2D eigenvalue weighted by Gasteiger charge is 2.10. The van der Waals surface area contributed by atoms with Crippen molar-refractivity contribution in [3.05, 3.63) is 28.8 Å². The first-order valence-corrected chi connectivity index (χ1v) is 6.36. The van der Waals surface area contributed by atoms with E-state index in [-0.39, 0.29) is 6.61 Å². The van der Waals surface area contributed by atoms with Crippen LogP contribution in [0.5, 0.6) is 16.7 Å². The van der Waals surface area contributed by atoms with Crippen LogP contribution in [0.4, 0.5) is 0 Å². The van der Waals surface area contributed by atoms with Crippen LogP contribution in [0, 0.1) is 0 Å². The van der Waals surface area contributed by atoms with E-state index in [0.29, 0.717) is 21.7 Å². The number of aromatic nitrogens is 2. The molecular formula is C12H14N2O3S. The number of aliphatic hydroxyl groups is 1. The van der Waals surface area contributed by atoms with E-state index >= 15 is 0 Å². The third-order valence-electron chi connectivity index (χ3n) is 2.42. The lowest BCUT2D eigenvalue weighted by molar-refractivity contribution is 0.280. The Labute approximate surface area is 109 Å². The van der Waals surface area contributed by atoms with Gasteiger partial charge in [0.1, 0.15) is 5.01 Å². The van der Waals surface area contributed by atoms with Gasteiger partial charge in [-0.15, -0.1) is 5.10 Å². The molecule has 1 heterocycles. The van der Waals surface area contributed by atoms with Crippen LogP contribution in [-0.2, 0) is 13.0 Å². The first-order valence-electron chi connectivity index (χ1n) is 5.54. The summed E-state index contributed by atoms with van der Waals surface area (Å²) in [6.07, 6.45) is 0.935. The number of rotatable bonds is 5. The minimum Gasteiger partial charge on any atom is -0.493 e. The second kappa shape index (κ2) is 5.79. The van der Waals surface area contributed by atoms with Gasteiger partial charge in [0.25, 0.3) is 5.19 Å². The van der Waals surface area contributed by atoms with Crippen LogP contribution in [0.1, 0.15) is 17.5 Å². The molecule has 0 saturated heterocycles. The summed E-state index contributed by atoms with van der Waals surface area (Å²) in [4.78, 5) is 0. The summed E-state index contributed by atoms with van der Waals surface area (Å²) >= 11 is 1.21. The largest absolute Gasteiger partial charge is 0.493 e. The summed E-state index contributed by atoms with van der Waals surface area (Å²) in [7, 11) is 1.60. The monoisotopic (exact) mass is 266 g/mol. The molecule has 96 valence electrons. The van der Waals surface area contributed by atoms with Gasteiger partial charge in [-0.2, -0.15) is 0 Å². The molecule has 0 spiro atoms. The van der Waals surface area contributed by atoms with E-state index in [4.69, 9.17) is 14.6 Å². The highest BCUT2D eigenvalue weighted by molar-refractivity contribution is 7.13. The first kappa shape index (κ1) is 12.8. The fraction of sp³-hybridized carbons (Fsp3) is 0.333. The average Bonchev–Trinajstić information content (AvgIpc) is 2.87. The normalized spacial score (nSPS) is 10.4. The Morgan fingerprint density at radius 2 is 2.11 bits per heavy atom. The summed E-state index contributed by atoms with van der Waals surface area (Å²) in [5, 5.41) is 17.4. The van der Waals surface area contributed by atoms with Gasteiger partial charge in [-0.1, -0.05) is 29.4 Å². The maximum atomic E-state index is 8.91. The molecule has 1 aromatic heterocycles. The van der Waals surface area contributed by atoms with Gasteiger partial charge in [0.2, 0.25) is 0 Å². The van der Waals surface area contributed by atoms with E-state index in [1.54, 1.807) is 7.11 Å². The maximum Gasteiger partial charge on any atom is 0.299 e. The number of aryl methyl sites for hydroxylation is 1. The van der Waals surface area contributed by atoms with Crippen molar-refractivity contribution in [3.63, 3.8) is 0 Å². The van der Waals surface area contributed by atoms with Crippen molar-refractivity contribution < 1.29 is 14.6 Å². The molecule has 0 unspecified atom stereocenters. The smallest absolute Gasteiger partial charge is 0.299 e. The molecule has 5 nitrogen and oxygen atoms in total. The second-order valence-corrected chi connectivity index (χ2v) is 4.59. The number of nitrogens with zero attached hydrogens (tertiary/aromatic N) is 2. The zero-order chi connectivity index (χ0) is 13.0. The van der Waals surface area contributed by atoms with Gasteiger partial charge in [-0.25, -0.2) is 0 Å². The Balaban J connectivity index is 2.22. The van der Waals surface area contributed by atoms with Crippen molar-refractivity contribution in [3.8, 4) is 16.7 Å². The van der Waals surface area contributed by atoms with Gasteiger partial charge in [0.05, 0.1) is 13.7 Å². The van der Waals surface area contributed by atoms with Crippen molar-refractivity contribution in [1.82, 2.24) is 10.2 Å². The Kier molecular flexibility index (Phi) is 4.11. The predicted octanol–water partition coefficient (Wildman–Crippen LogP) is 2.39. The Morgan fingerprint density at radius 1 is 1.28 bits per heavy atom. The van der Waals surface area contributed by atoms with Crippen LogP contribution in [0.25, 0.3) is 0 Å². The van der Waals surface area contributed by atoms with E-state index in [0.717, 1.165) is 6.42 Å². The van der Waals surface area contributed by atoms with E-state index in [1.807, 2.05) is 18.2 Å². The number of hydrogen-bond acceptors (Lipinski definition) is 6. The molecule has 0 radical (unpaired) electrons. The van der Waals surface area contributed by atoms with E-state index < -0.39 is 0 Å².